The van der Waals surface area contributed by atoms with E-state index in [1.165, 1.54) is 11.1 Å². The van der Waals surface area contributed by atoms with E-state index in [-0.39, 0.29) is 5.91 Å². The molecule has 15 heavy (non-hydrogen) atoms. The molecule has 0 aliphatic heterocycles. The van der Waals surface area contributed by atoms with Gasteiger partial charge in [-0.05, 0) is 30.9 Å². The summed E-state index contributed by atoms with van der Waals surface area (Å²) in [7, 11) is 0. The predicted molar refractivity (Wildman–Crippen MR) is 62.5 cm³/mol. The van der Waals surface area contributed by atoms with E-state index in [0.717, 1.165) is 6.42 Å². The van der Waals surface area contributed by atoms with E-state index < -0.39 is 0 Å². The molecule has 0 unspecified atom stereocenters. The molecular formula is C13H17NO. The van der Waals surface area contributed by atoms with E-state index in [9.17, 15) is 4.79 Å². The van der Waals surface area contributed by atoms with Crippen LogP contribution in [0, 0.1) is 6.92 Å². The van der Waals surface area contributed by atoms with Crippen molar-refractivity contribution in [2.45, 2.75) is 26.7 Å². The topological polar surface area (TPSA) is 43.1 Å². The van der Waals surface area contributed by atoms with Gasteiger partial charge in [0.25, 0.3) is 0 Å². The molecule has 1 aromatic rings. The Morgan fingerprint density at radius 2 is 2.07 bits per heavy atom. The van der Waals surface area contributed by atoms with Gasteiger partial charge in [-0.3, -0.25) is 4.79 Å². The number of nitrogens with two attached hydrogens (primary N) is 1. The van der Waals surface area contributed by atoms with Crippen LogP contribution in [0.4, 0.5) is 0 Å². The van der Waals surface area contributed by atoms with E-state index in [1.807, 2.05) is 25.1 Å². The molecule has 0 bridgehead atoms. The molecule has 0 aliphatic carbocycles. The van der Waals surface area contributed by atoms with Gasteiger partial charge in [0, 0.05) is 5.57 Å². The molecule has 1 aromatic carbocycles. The third-order valence-corrected chi connectivity index (χ3v) is 2.53. The van der Waals surface area contributed by atoms with Crippen LogP contribution in [0.15, 0.2) is 35.9 Å². The van der Waals surface area contributed by atoms with Crippen molar-refractivity contribution in [1.29, 1.82) is 0 Å². The second kappa shape index (κ2) is 5.35. The van der Waals surface area contributed by atoms with Gasteiger partial charge in [-0.25, -0.2) is 0 Å². The maximum atomic E-state index is 11.0. The number of aryl methyl sites for hydroxylation is 1. The first kappa shape index (κ1) is 11.5. The van der Waals surface area contributed by atoms with E-state index >= 15 is 0 Å². The van der Waals surface area contributed by atoms with Gasteiger partial charge >= 0.3 is 0 Å². The van der Waals surface area contributed by atoms with E-state index in [2.05, 4.69) is 19.1 Å². The third kappa shape index (κ3) is 3.24. The van der Waals surface area contributed by atoms with Gasteiger partial charge in [0.1, 0.15) is 0 Å². The van der Waals surface area contributed by atoms with Crippen molar-refractivity contribution < 1.29 is 4.79 Å². The van der Waals surface area contributed by atoms with Crippen molar-refractivity contribution in [1.82, 2.24) is 0 Å². The Hall–Kier alpha value is -1.57. The highest BCUT2D eigenvalue weighted by molar-refractivity contribution is 5.91. The molecule has 2 N–H and O–H groups in total. The van der Waals surface area contributed by atoms with Gasteiger partial charge in [0.15, 0.2) is 0 Å². The molecule has 0 saturated carbocycles. The minimum atomic E-state index is -0.314. The molecular weight excluding hydrogens is 186 g/mol. The zero-order valence-electron chi connectivity index (χ0n) is 9.29. The van der Waals surface area contributed by atoms with Gasteiger partial charge < -0.3 is 5.73 Å². The minimum absolute atomic E-state index is 0.314. The Balaban J connectivity index is 2.79. The normalized spacial score (nSPS) is 11.5. The Labute approximate surface area is 90.8 Å². The molecule has 1 amide bonds. The fraction of sp³-hybridized carbons (Fsp3) is 0.308. The van der Waals surface area contributed by atoms with Crippen LogP contribution in [-0.2, 0) is 11.2 Å². The first-order valence-electron chi connectivity index (χ1n) is 5.18. The van der Waals surface area contributed by atoms with Crippen molar-refractivity contribution in [3.8, 4) is 0 Å². The van der Waals surface area contributed by atoms with Gasteiger partial charge in [-0.15, -0.1) is 0 Å². The molecule has 0 atom stereocenters. The van der Waals surface area contributed by atoms with Crippen LogP contribution >= 0.6 is 0 Å². The standard InChI is InChI=1S/C13H17NO/c1-3-11(13(14)15)8-9-12-7-5-4-6-10(12)2/h4-8H,3,9H2,1-2H3,(H2,14,15). The monoisotopic (exact) mass is 203 g/mol. The average molecular weight is 203 g/mol. The quantitative estimate of drug-likeness (QED) is 0.750. The summed E-state index contributed by atoms with van der Waals surface area (Å²) in [6.07, 6.45) is 3.39. The number of hydrogen-bond acceptors (Lipinski definition) is 1. The number of hydrogen-bond donors (Lipinski definition) is 1. The number of allylic oxidation sites excluding steroid dienone is 1. The minimum Gasteiger partial charge on any atom is -0.366 e. The summed E-state index contributed by atoms with van der Waals surface area (Å²) in [6, 6.07) is 8.16. The Morgan fingerprint density at radius 1 is 1.40 bits per heavy atom. The maximum absolute atomic E-state index is 11.0. The van der Waals surface area contributed by atoms with Crippen LogP contribution in [0.1, 0.15) is 24.5 Å². The first-order valence-corrected chi connectivity index (χ1v) is 5.18. The van der Waals surface area contributed by atoms with Crippen molar-refractivity contribution in [3.05, 3.63) is 47.0 Å². The number of carbonyl (C=O) groups excluding carboxylic acids is 1. The van der Waals surface area contributed by atoms with Crippen LogP contribution in [0.2, 0.25) is 0 Å². The third-order valence-electron chi connectivity index (χ3n) is 2.53. The summed E-state index contributed by atoms with van der Waals surface area (Å²) in [4.78, 5) is 11.0. The fourth-order valence-corrected chi connectivity index (χ4v) is 1.49. The number of carbonyl (C=O) groups is 1. The van der Waals surface area contributed by atoms with E-state index in [0.29, 0.717) is 12.0 Å². The molecule has 0 aromatic heterocycles. The van der Waals surface area contributed by atoms with Crippen molar-refractivity contribution in [2.24, 2.45) is 5.73 Å². The van der Waals surface area contributed by atoms with Crippen LogP contribution in [0.3, 0.4) is 0 Å². The molecule has 80 valence electrons. The van der Waals surface area contributed by atoms with Gasteiger partial charge in [0.2, 0.25) is 5.91 Å². The molecule has 0 spiro atoms. The Morgan fingerprint density at radius 3 is 2.60 bits per heavy atom. The SMILES string of the molecule is CCC(=CCc1ccccc1C)C(N)=O. The van der Waals surface area contributed by atoms with Gasteiger partial charge in [0.05, 0.1) is 0 Å². The van der Waals surface area contributed by atoms with Crippen LogP contribution in [-0.4, -0.2) is 5.91 Å². The van der Waals surface area contributed by atoms with Crippen molar-refractivity contribution >= 4 is 5.91 Å². The zero-order valence-corrected chi connectivity index (χ0v) is 9.29. The van der Waals surface area contributed by atoms with Crippen molar-refractivity contribution in [3.63, 3.8) is 0 Å². The van der Waals surface area contributed by atoms with Gasteiger partial charge in [-0.1, -0.05) is 37.3 Å². The first-order chi connectivity index (χ1) is 7.15. The predicted octanol–water partition coefficient (Wildman–Crippen LogP) is 2.36. The lowest BCUT2D eigenvalue weighted by Crippen LogP contribution is -2.13. The molecule has 2 nitrogen and oxygen atoms in total. The highest BCUT2D eigenvalue weighted by Gasteiger charge is 2.01. The summed E-state index contributed by atoms with van der Waals surface area (Å²) in [6.45, 7) is 4.01. The molecule has 0 saturated heterocycles. The highest BCUT2D eigenvalue weighted by atomic mass is 16.1. The largest absolute Gasteiger partial charge is 0.366 e. The molecule has 0 fully saturated rings. The smallest absolute Gasteiger partial charge is 0.244 e. The number of primary amides is 1. The molecule has 0 radical (unpaired) electrons. The second-order valence-electron chi connectivity index (χ2n) is 3.58. The summed E-state index contributed by atoms with van der Waals surface area (Å²) < 4.78 is 0. The summed E-state index contributed by atoms with van der Waals surface area (Å²) in [5.74, 6) is -0.314. The van der Waals surface area contributed by atoms with Crippen LogP contribution in [0.5, 0.6) is 0 Å². The Kier molecular flexibility index (Phi) is 4.10. The fourth-order valence-electron chi connectivity index (χ4n) is 1.49. The Bertz CT molecular complexity index is 380. The molecule has 0 heterocycles. The molecule has 2 heteroatoms. The number of benzene rings is 1. The average Bonchev–Trinajstić information content (AvgIpc) is 2.21. The lowest BCUT2D eigenvalue weighted by atomic mass is 10.0. The summed E-state index contributed by atoms with van der Waals surface area (Å²) >= 11 is 0. The van der Waals surface area contributed by atoms with Crippen molar-refractivity contribution in [2.75, 3.05) is 0 Å². The van der Waals surface area contributed by atoms with Crippen LogP contribution in [0.25, 0.3) is 0 Å². The van der Waals surface area contributed by atoms with E-state index in [4.69, 9.17) is 5.73 Å². The maximum Gasteiger partial charge on any atom is 0.244 e. The lowest BCUT2D eigenvalue weighted by molar-refractivity contribution is -0.114. The lowest BCUT2D eigenvalue weighted by Gasteiger charge is -2.03. The second-order valence-corrected chi connectivity index (χ2v) is 3.58. The molecule has 0 aliphatic rings. The zero-order chi connectivity index (χ0) is 11.3. The van der Waals surface area contributed by atoms with Gasteiger partial charge in [-0.2, -0.15) is 0 Å². The van der Waals surface area contributed by atoms with E-state index in [1.54, 1.807) is 0 Å². The van der Waals surface area contributed by atoms with Crippen LogP contribution < -0.4 is 5.73 Å². The summed E-state index contributed by atoms with van der Waals surface area (Å²) in [5, 5.41) is 0. The molecule has 1 rings (SSSR count). The number of amides is 1. The highest BCUT2D eigenvalue weighted by Crippen LogP contribution is 2.10. The number of rotatable bonds is 4. The summed E-state index contributed by atoms with van der Waals surface area (Å²) in [5.41, 5.74) is 8.43.